The van der Waals surface area contributed by atoms with Crippen molar-refractivity contribution in [2.45, 2.75) is 59.3 Å². The molecule has 11 heteroatoms. The maximum Gasteiger partial charge on any atom is 0.317 e. The zero-order valence-corrected chi connectivity index (χ0v) is 26.1. The predicted molar refractivity (Wildman–Crippen MR) is 162 cm³/mol. The molecule has 0 radical (unpaired) electrons. The van der Waals surface area contributed by atoms with Gasteiger partial charge in [0.2, 0.25) is 5.88 Å². The second-order valence-electron chi connectivity index (χ2n) is 12.0. The number of esters is 1. The summed E-state index contributed by atoms with van der Waals surface area (Å²) >= 11 is 0. The van der Waals surface area contributed by atoms with Crippen LogP contribution < -0.4 is 9.47 Å². The number of pyridine rings is 2. The summed E-state index contributed by atoms with van der Waals surface area (Å²) in [6.45, 7) is 6.65. The summed E-state index contributed by atoms with van der Waals surface area (Å²) in [7, 11) is 0.741. The van der Waals surface area contributed by atoms with Crippen LogP contribution in [0.4, 0.5) is 0 Å². The molecule has 1 saturated carbocycles. The fourth-order valence-corrected chi connectivity index (χ4v) is 5.01. The van der Waals surface area contributed by atoms with E-state index in [1.807, 2.05) is 25.1 Å². The Balaban J connectivity index is 1.46. The molecule has 3 aromatic heterocycles. The van der Waals surface area contributed by atoms with Gasteiger partial charge in [-0.2, -0.15) is 9.67 Å². The molecule has 1 fully saturated rings. The van der Waals surface area contributed by atoms with Crippen molar-refractivity contribution in [3.8, 4) is 34.5 Å². The molecule has 1 aliphatic carbocycles. The topological polar surface area (TPSA) is 110 Å². The van der Waals surface area contributed by atoms with Crippen molar-refractivity contribution in [1.29, 1.82) is 0 Å². The molecule has 1 aliphatic rings. The van der Waals surface area contributed by atoms with Crippen molar-refractivity contribution in [3.63, 3.8) is 0 Å². The summed E-state index contributed by atoms with van der Waals surface area (Å²) < 4.78 is 24.5. The van der Waals surface area contributed by atoms with Gasteiger partial charge in [-0.3, -0.25) is 9.78 Å². The maximum absolute atomic E-state index is 11.9. The molecular formula is C30H43N5O5S. The van der Waals surface area contributed by atoms with Crippen LogP contribution in [-0.4, -0.2) is 81.6 Å². The largest absolute Gasteiger partial charge is 0.476 e. The maximum atomic E-state index is 11.9. The molecule has 0 atom stereocenters. The Morgan fingerprint density at radius 2 is 1.88 bits per heavy atom. The Kier molecular flexibility index (Phi) is 9.91. The Morgan fingerprint density at radius 3 is 2.51 bits per heavy atom. The highest BCUT2D eigenvalue weighted by molar-refractivity contribution is 8.32. The van der Waals surface area contributed by atoms with Gasteiger partial charge in [-0.05, 0) is 82.9 Å². The van der Waals surface area contributed by atoms with Crippen LogP contribution in [0.1, 0.15) is 45.1 Å². The van der Waals surface area contributed by atoms with E-state index in [2.05, 4.69) is 28.7 Å². The van der Waals surface area contributed by atoms with E-state index >= 15 is 0 Å². The first kappa shape index (κ1) is 30.8. The van der Waals surface area contributed by atoms with E-state index in [0.29, 0.717) is 31.1 Å². The zero-order chi connectivity index (χ0) is 29.6. The lowest BCUT2D eigenvalue weighted by Crippen LogP contribution is -2.32. The van der Waals surface area contributed by atoms with Crippen LogP contribution in [-0.2, 0) is 21.0 Å². The van der Waals surface area contributed by atoms with Gasteiger partial charge in [-0.1, -0.05) is 0 Å². The van der Waals surface area contributed by atoms with Gasteiger partial charge in [0.05, 0.1) is 24.8 Å². The molecule has 224 valence electrons. The first-order valence-electron chi connectivity index (χ1n) is 13.9. The van der Waals surface area contributed by atoms with E-state index in [1.165, 1.54) is 20.0 Å². The first-order valence-corrected chi connectivity index (χ1v) is 17.0. The van der Waals surface area contributed by atoms with Crippen molar-refractivity contribution < 1.29 is 23.7 Å². The molecule has 0 N–H and O–H groups in total. The van der Waals surface area contributed by atoms with Gasteiger partial charge in [0, 0.05) is 35.3 Å². The standard InChI is InChI=1S/C30H43N5O5S/c1-21-16-26(39-19-30(2,3)28(36)37-4)32-18-24(21)25-13-12-22(17-31-25)27-33-29(40-23-10-8-9-11-23)35(34-27)20-38-14-15-41(5,6)7/h12-13,16-18,23H,8-11,14-15,19-20H2,1-7H3. The average molecular weight is 586 g/mol. The summed E-state index contributed by atoms with van der Waals surface area (Å²) in [5.74, 6) is 1.69. The van der Waals surface area contributed by atoms with Gasteiger partial charge in [0.1, 0.15) is 19.4 Å². The molecule has 0 unspecified atom stereocenters. The monoisotopic (exact) mass is 585 g/mol. The number of hydrogen-bond acceptors (Lipinski definition) is 9. The minimum absolute atomic E-state index is 0.160. The number of aromatic nitrogens is 5. The highest BCUT2D eigenvalue weighted by Crippen LogP contribution is 2.34. The van der Waals surface area contributed by atoms with Crippen molar-refractivity contribution in [2.75, 3.05) is 44.8 Å². The smallest absolute Gasteiger partial charge is 0.317 e. The molecule has 4 rings (SSSR count). The third-order valence-electron chi connectivity index (χ3n) is 6.97. The van der Waals surface area contributed by atoms with Gasteiger partial charge in [0.15, 0.2) is 5.82 Å². The van der Waals surface area contributed by atoms with Crippen LogP contribution in [0.15, 0.2) is 30.6 Å². The summed E-state index contributed by atoms with van der Waals surface area (Å²) in [4.78, 5) is 25.7. The van der Waals surface area contributed by atoms with Gasteiger partial charge in [0.25, 0.3) is 0 Å². The second kappa shape index (κ2) is 13.2. The van der Waals surface area contributed by atoms with Gasteiger partial charge >= 0.3 is 12.0 Å². The fraction of sp³-hybridized carbons (Fsp3) is 0.567. The lowest BCUT2D eigenvalue weighted by atomic mass is 9.95. The Bertz CT molecular complexity index is 1310. The molecule has 0 saturated heterocycles. The minimum Gasteiger partial charge on any atom is -0.476 e. The van der Waals surface area contributed by atoms with Crippen LogP contribution in [0.2, 0.25) is 0 Å². The first-order chi connectivity index (χ1) is 19.4. The number of aryl methyl sites for hydroxylation is 1. The molecule has 0 bridgehead atoms. The lowest BCUT2D eigenvalue weighted by Gasteiger charge is -2.24. The molecule has 3 heterocycles. The molecule has 3 aromatic rings. The quantitative estimate of drug-likeness (QED) is 0.195. The van der Waals surface area contributed by atoms with Crippen molar-refractivity contribution in [2.24, 2.45) is 5.41 Å². The molecule has 41 heavy (non-hydrogen) atoms. The van der Waals surface area contributed by atoms with Crippen molar-refractivity contribution in [3.05, 3.63) is 36.2 Å². The number of nitrogens with zero attached hydrogens (tertiary/aromatic N) is 5. The molecule has 10 nitrogen and oxygen atoms in total. The number of rotatable bonds is 13. The normalized spacial score (nSPS) is 14.7. The van der Waals surface area contributed by atoms with Crippen molar-refractivity contribution >= 4 is 16.0 Å². The lowest BCUT2D eigenvalue weighted by molar-refractivity contribution is -0.152. The van der Waals surface area contributed by atoms with Crippen molar-refractivity contribution in [1.82, 2.24) is 24.7 Å². The Hall–Kier alpha value is -3.18. The van der Waals surface area contributed by atoms with E-state index in [1.54, 1.807) is 30.9 Å². The molecule has 0 amide bonds. The van der Waals surface area contributed by atoms with Crippen LogP contribution in [0.5, 0.6) is 11.9 Å². The van der Waals surface area contributed by atoms with Crippen LogP contribution in [0.3, 0.4) is 0 Å². The van der Waals surface area contributed by atoms with E-state index in [-0.39, 0.29) is 18.7 Å². The van der Waals surface area contributed by atoms with E-state index in [9.17, 15) is 4.79 Å². The second-order valence-corrected chi connectivity index (χ2v) is 16.6. The molecular weight excluding hydrogens is 542 g/mol. The highest BCUT2D eigenvalue weighted by atomic mass is 32.3. The van der Waals surface area contributed by atoms with Gasteiger partial charge in [-0.15, -0.1) is 5.10 Å². The SMILES string of the molecule is COC(=O)C(C)(C)COc1cc(C)c(-c2ccc(-c3nc(OC4CCCC4)n(COCCS(C)(C)C)n3)cn2)cn1. The Labute approximate surface area is 244 Å². The number of ether oxygens (including phenoxy) is 4. The minimum atomic E-state index is -0.775. The number of carbonyl (C=O) groups excluding carboxylic acids is 1. The number of methoxy groups -OCH3 is 1. The summed E-state index contributed by atoms with van der Waals surface area (Å²) in [5, 5.41) is 4.71. The van der Waals surface area contributed by atoms with Crippen LogP contribution in [0.25, 0.3) is 22.6 Å². The van der Waals surface area contributed by atoms with E-state index in [0.717, 1.165) is 41.0 Å². The third kappa shape index (κ3) is 8.42. The highest BCUT2D eigenvalue weighted by Gasteiger charge is 2.30. The number of hydrogen-bond donors (Lipinski definition) is 0. The summed E-state index contributed by atoms with van der Waals surface area (Å²) in [5.41, 5.74) is 2.63. The van der Waals surface area contributed by atoms with E-state index in [4.69, 9.17) is 29.0 Å². The van der Waals surface area contributed by atoms with Crippen LogP contribution in [0, 0.1) is 12.3 Å². The van der Waals surface area contributed by atoms with Gasteiger partial charge in [-0.25, -0.2) is 15.0 Å². The van der Waals surface area contributed by atoms with Crippen LogP contribution >= 0.6 is 10.0 Å². The van der Waals surface area contributed by atoms with Gasteiger partial charge < -0.3 is 18.9 Å². The summed E-state index contributed by atoms with van der Waals surface area (Å²) in [6, 6.07) is 6.22. The predicted octanol–water partition coefficient (Wildman–Crippen LogP) is 5.28. The molecule has 0 aliphatic heterocycles. The molecule has 0 aromatic carbocycles. The zero-order valence-electron chi connectivity index (χ0n) is 25.3. The summed E-state index contributed by atoms with van der Waals surface area (Å²) in [6.07, 6.45) is 14.9. The third-order valence-corrected chi connectivity index (χ3v) is 8.36. The van der Waals surface area contributed by atoms with E-state index < -0.39 is 15.4 Å². The molecule has 0 spiro atoms. The fourth-order valence-electron chi connectivity index (χ4n) is 4.39. The Morgan fingerprint density at radius 1 is 1.12 bits per heavy atom. The average Bonchev–Trinajstić information content (AvgIpc) is 3.59. The number of carbonyl (C=O) groups is 1.